The molecule has 0 aromatic heterocycles. The van der Waals surface area contributed by atoms with Crippen LogP contribution >= 0.6 is 0 Å². The van der Waals surface area contributed by atoms with Gasteiger partial charge in [-0.1, -0.05) is 306 Å². The standard InChI is InChI=1S/C67H120O6/c1-4-7-10-13-16-19-22-25-27-29-31-33-34-35-37-38-40-42-45-48-51-54-57-60-66(69)72-63-64(62-71-65(68)59-56-53-50-47-44-24-21-18-15-12-9-6-3)73-67(70)61-58-55-52-49-46-43-41-39-36-32-30-28-26-23-20-17-14-11-8-5-2/h7,10,16,19,25,27,31,33,35,37,64H,4-6,8-9,11-15,17-18,20-24,26,28-30,32,34,36,38-63H2,1-3H3/b10-7-,19-16-,27-25-,33-31-,37-35-. The van der Waals surface area contributed by atoms with Crippen LogP contribution in [0.2, 0.25) is 0 Å². The Kier molecular flexibility index (Phi) is 59.2. The molecule has 0 rings (SSSR count). The van der Waals surface area contributed by atoms with Crippen molar-refractivity contribution in [3.8, 4) is 0 Å². The number of unbranched alkanes of at least 4 members (excludes halogenated alkanes) is 37. The maximum Gasteiger partial charge on any atom is 0.306 e. The predicted octanol–water partition coefficient (Wildman–Crippen LogP) is 21.6. The fourth-order valence-corrected chi connectivity index (χ4v) is 9.30. The first-order valence-electron chi connectivity index (χ1n) is 31.8. The highest BCUT2D eigenvalue weighted by Crippen LogP contribution is 2.17. The molecule has 0 saturated carbocycles. The molecule has 0 aromatic rings. The molecule has 0 heterocycles. The molecule has 0 bridgehead atoms. The minimum absolute atomic E-state index is 0.0730. The number of hydrogen-bond acceptors (Lipinski definition) is 6. The highest BCUT2D eigenvalue weighted by atomic mass is 16.6. The SMILES string of the molecule is CC/C=C\C/C=C\C/C=C\C/C=C\C/C=C\CCCCCCCCCC(=O)OCC(COC(=O)CCCCCCCCCCCCCC)OC(=O)CCCCCCCCCCCCCCCCCCCCCC. The maximum atomic E-state index is 12.9. The van der Waals surface area contributed by atoms with Gasteiger partial charge in [0.15, 0.2) is 6.10 Å². The summed E-state index contributed by atoms with van der Waals surface area (Å²) in [5.41, 5.74) is 0. The summed E-state index contributed by atoms with van der Waals surface area (Å²) < 4.78 is 16.9. The van der Waals surface area contributed by atoms with Gasteiger partial charge in [0.1, 0.15) is 13.2 Å². The maximum absolute atomic E-state index is 12.9. The second kappa shape index (κ2) is 61.7. The lowest BCUT2D eigenvalue weighted by molar-refractivity contribution is -0.167. The fraction of sp³-hybridized carbons (Fsp3) is 0.806. The molecule has 0 saturated heterocycles. The van der Waals surface area contributed by atoms with E-state index in [4.69, 9.17) is 14.2 Å². The zero-order valence-electron chi connectivity index (χ0n) is 48.7. The van der Waals surface area contributed by atoms with E-state index in [2.05, 4.69) is 81.5 Å². The molecule has 0 aliphatic rings. The van der Waals surface area contributed by atoms with Gasteiger partial charge < -0.3 is 14.2 Å². The van der Waals surface area contributed by atoms with Gasteiger partial charge in [-0.2, -0.15) is 0 Å². The molecule has 0 aliphatic heterocycles. The van der Waals surface area contributed by atoms with Crippen LogP contribution in [0, 0.1) is 0 Å². The summed E-state index contributed by atoms with van der Waals surface area (Å²) in [5.74, 6) is -0.865. The van der Waals surface area contributed by atoms with Crippen LogP contribution in [0.1, 0.15) is 329 Å². The van der Waals surface area contributed by atoms with E-state index < -0.39 is 6.10 Å². The van der Waals surface area contributed by atoms with Gasteiger partial charge in [-0.15, -0.1) is 0 Å². The third-order valence-corrected chi connectivity index (χ3v) is 14.0. The molecule has 1 unspecified atom stereocenters. The van der Waals surface area contributed by atoms with Crippen molar-refractivity contribution in [1.29, 1.82) is 0 Å². The van der Waals surface area contributed by atoms with E-state index in [9.17, 15) is 14.4 Å². The molecule has 73 heavy (non-hydrogen) atoms. The van der Waals surface area contributed by atoms with Gasteiger partial charge in [0, 0.05) is 19.3 Å². The zero-order valence-corrected chi connectivity index (χ0v) is 48.7. The Morgan fingerprint density at radius 1 is 0.288 bits per heavy atom. The third kappa shape index (κ3) is 59.9. The van der Waals surface area contributed by atoms with Crippen molar-refractivity contribution >= 4 is 17.9 Å². The first kappa shape index (κ1) is 70.1. The molecular weight excluding hydrogens is 901 g/mol. The van der Waals surface area contributed by atoms with Gasteiger partial charge >= 0.3 is 17.9 Å². The Hall–Kier alpha value is -2.89. The molecule has 424 valence electrons. The molecule has 0 aromatic carbocycles. The van der Waals surface area contributed by atoms with Crippen molar-refractivity contribution in [3.63, 3.8) is 0 Å². The van der Waals surface area contributed by atoms with Crippen LogP contribution in [-0.2, 0) is 28.6 Å². The number of esters is 3. The summed E-state index contributed by atoms with van der Waals surface area (Å²) in [6.45, 7) is 6.56. The lowest BCUT2D eigenvalue weighted by Gasteiger charge is -2.18. The molecule has 0 amide bonds. The Bertz CT molecular complexity index is 1310. The number of ether oxygens (including phenoxy) is 3. The van der Waals surface area contributed by atoms with E-state index in [1.807, 2.05) is 0 Å². The van der Waals surface area contributed by atoms with Crippen LogP contribution < -0.4 is 0 Å². The van der Waals surface area contributed by atoms with Crippen molar-refractivity contribution in [2.45, 2.75) is 335 Å². The van der Waals surface area contributed by atoms with Crippen LogP contribution in [0.25, 0.3) is 0 Å². The van der Waals surface area contributed by atoms with E-state index in [-0.39, 0.29) is 31.1 Å². The zero-order chi connectivity index (χ0) is 52.9. The first-order chi connectivity index (χ1) is 36.0. The average molecular weight is 1020 g/mol. The van der Waals surface area contributed by atoms with Crippen molar-refractivity contribution < 1.29 is 28.6 Å². The highest BCUT2D eigenvalue weighted by molar-refractivity contribution is 5.71. The summed E-state index contributed by atoms with van der Waals surface area (Å²) in [6.07, 6.45) is 77.9. The van der Waals surface area contributed by atoms with Crippen LogP contribution in [0.15, 0.2) is 60.8 Å². The summed E-state index contributed by atoms with van der Waals surface area (Å²) in [5, 5.41) is 0. The van der Waals surface area contributed by atoms with Gasteiger partial charge in [0.25, 0.3) is 0 Å². The largest absolute Gasteiger partial charge is 0.462 e. The summed E-state index contributed by atoms with van der Waals surface area (Å²) >= 11 is 0. The molecule has 6 nitrogen and oxygen atoms in total. The summed E-state index contributed by atoms with van der Waals surface area (Å²) in [7, 11) is 0. The Labute approximate surface area is 453 Å². The van der Waals surface area contributed by atoms with Crippen molar-refractivity contribution in [3.05, 3.63) is 60.8 Å². The molecule has 0 N–H and O–H groups in total. The highest BCUT2D eigenvalue weighted by Gasteiger charge is 2.19. The second-order valence-electron chi connectivity index (χ2n) is 21.3. The minimum Gasteiger partial charge on any atom is -0.462 e. The Balaban J connectivity index is 4.30. The predicted molar refractivity (Wildman–Crippen MR) is 316 cm³/mol. The molecule has 0 spiro atoms. The Morgan fingerprint density at radius 3 is 0.836 bits per heavy atom. The number of rotatable bonds is 58. The molecule has 0 aliphatic carbocycles. The molecule has 0 fully saturated rings. The summed E-state index contributed by atoms with van der Waals surface area (Å²) in [4.78, 5) is 38.3. The minimum atomic E-state index is -0.776. The molecular formula is C67H120O6. The third-order valence-electron chi connectivity index (χ3n) is 14.0. The Morgan fingerprint density at radius 2 is 0.534 bits per heavy atom. The monoisotopic (exact) mass is 1020 g/mol. The molecule has 6 heteroatoms. The number of allylic oxidation sites excluding steroid dienone is 10. The lowest BCUT2D eigenvalue weighted by Crippen LogP contribution is -2.30. The van der Waals surface area contributed by atoms with Crippen LogP contribution in [0.3, 0.4) is 0 Å². The van der Waals surface area contributed by atoms with Gasteiger partial charge in [-0.3, -0.25) is 14.4 Å². The van der Waals surface area contributed by atoms with Crippen molar-refractivity contribution in [2.75, 3.05) is 13.2 Å². The smallest absolute Gasteiger partial charge is 0.306 e. The van der Waals surface area contributed by atoms with Crippen LogP contribution in [0.4, 0.5) is 0 Å². The number of hydrogen-bond donors (Lipinski definition) is 0. The van der Waals surface area contributed by atoms with Gasteiger partial charge in [0.05, 0.1) is 0 Å². The fourth-order valence-electron chi connectivity index (χ4n) is 9.30. The summed E-state index contributed by atoms with van der Waals surface area (Å²) in [6, 6.07) is 0. The first-order valence-corrected chi connectivity index (χ1v) is 31.8. The second-order valence-corrected chi connectivity index (χ2v) is 21.3. The van der Waals surface area contributed by atoms with Gasteiger partial charge in [-0.25, -0.2) is 0 Å². The van der Waals surface area contributed by atoms with E-state index in [0.717, 1.165) is 96.3 Å². The van der Waals surface area contributed by atoms with E-state index in [1.165, 1.54) is 193 Å². The van der Waals surface area contributed by atoms with Gasteiger partial charge in [0.2, 0.25) is 0 Å². The van der Waals surface area contributed by atoms with E-state index >= 15 is 0 Å². The normalized spacial score (nSPS) is 12.4. The lowest BCUT2D eigenvalue weighted by atomic mass is 10.0. The topological polar surface area (TPSA) is 78.9 Å². The number of carbonyl (C=O) groups excluding carboxylic acids is 3. The van der Waals surface area contributed by atoms with E-state index in [1.54, 1.807) is 0 Å². The average Bonchev–Trinajstić information content (AvgIpc) is 3.39. The van der Waals surface area contributed by atoms with Crippen LogP contribution in [0.5, 0.6) is 0 Å². The van der Waals surface area contributed by atoms with Gasteiger partial charge in [-0.05, 0) is 64.2 Å². The molecule has 0 radical (unpaired) electrons. The van der Waals surface area contributed by atoms with Crippen LogP contribution in [-0.4, -0.2) is 37.2 Å². The van der Waals surface area contributed by atoms with Crippen molar-refractivity contribution in [2.24, 2.45) is 0 Å². The number of carbonyl (C=O) groups is 3. The molecule has 1 atom stereocenters. The van der Waals surface area contributed by atoms with E-state index in [0.29, 0.717) is 19.3 Å². The van der Waals surface area contributed by atoms with Crippen molar-refractivity contribution in [1.82, 2.24) is 0 Å². The quantitative estimate of drug-likeness (QED) is 0.0261.